The predicted molar refractivity (Wildman–Crippen MR) is 109 cm³/mol. The van der Waals surface area contributed by atoms with Crippen LogP contribution >= 0.6 is 11.3 Å². The second-order valence-corrected chi connectivity index (χ2v) is 7.66. The number of aromatic nitrogens is 5. The highest BCUT2D eigenvalue weighted by Gasteiger charge is 2.30. The number of rotatable bonds is 5. The number of nitrogens with zero attached hydrogens (tertiary/aromatic N) is 5. The van der Waals surface area contributed by atoms with Crippen molar-refractivity contribution in [1.29, 1.82) is 0 Å². The molecule has 2 aromatic heterocycles. The van der Waals surface area contributed by atoms with Gasteiger partial charge in [0.2, 0.25) is 11.7 Å². The molecule has 4 rings (SSSR count). The van der Waals surface area contributed by atoms with Gasteiger partial charge in [-0.2, -0.15) is 18.0 Å². The molecule has 0 atom stereocenters. The molecule has 0 bridgehead atoms. The Labute approximate surface area is 178 Å². The van der Waals surface area contributed by atoms with E-state index in [4.69, 9.17) is 0 Å². The molecule has 0 saturated carbocycles. The number of amides is 1. The zero-order chi connectivity index (χ0) is 22.0. The van der Waals surface area contributed by atoms with Crippen LogP contribution in [0.3, 0.4) is 0 Å². The maximum absolute atomic E-state index is 12.9. The number of benzene rings is 2. The molecule has 158 valence electrons. The van der Waals surface area contributed by atoms with Crippen LogP contribution in [0.2, 0.25) is 0 Å². The number of nitrogens with one attached hydrogen (secondary N) is 1. The van der Waals surface area contributed by atoms with Crippen molar-refractivity contribution in [3.63, 3.8) is 0 Å². The molecular formula is C20H15F3N6OS. The first-order valence-electron chi connectivity index (χ1n) is 9.06. The molecule has 2 heterocycles. The number of halogens is 3. The lowest BCUT2D eigenvalue weighted by molar-refractivity contribution is -0.137. The lowest BCUT2D eigenvalue weighted by Crippen LogP contribution is -2.20. The fourth-order valence-electron chi connectivity index (χ4n) is 2.84. The number of hydrogen-bond donors (Lipinski definition) is 1. The van der Waals surface area contributed by atoms with Crippen molar-refractivity contribution in [2.75, 3.05) is 5.32 Å². The summed E-state index contributed by atoms with van der Waals surface area (Å²) in [5, 5.41) is 17.1. The Morgan fingerprint density at radius 3 is 2.65 bits per heavy atom. The fraction of sp³-hybridized carbons (Fsp3) is 0.150. The largest absolute Gasteiger partial charge is 0.416 e. The predicted octanol–water partition coefficient (Wildman–Crippen LogP) is 4.43. The minimum atomic E-state index is -4.47. The van der Waals surface area contributed by atoms with Gasteiger partial charge in [0.15, 0.2) is 0 Å². The topological polar surface area (TPSA) is 85.6 Å². The first-order chi connectivity index (χ1) is 14.8. The van der Waals surface area contributed by atoms with Crippen LogP contribution in [-0.2, 0) is 17.5 Å². The standard InChI is InChI=1S/C20H15F3N6OS/c1-12-24-17(11-31-12)13-4-3-7-16(9-13)25-18(30)10-29-27-19(26-28-29)14-5-2-6-15(8-14)20(21,22)23/h2-9,11H,10H2,1H3,(H,25,30). The van der Waals surface area contributed by atoms with Gasteiger partial charge >= 0.3 is 6.18 Å². The SMILES string of the molecule is Cc1nc(-c2cccc(NC(=O)Cn3nnc(-c4cccc(C(F)(F)F)c4)n3)c2)cs1. The van der Waals surface area contributed by atoms with E-state index >= 15 is 0 Å². The van der Waals surface area contributed by atoms with E-state index in [9.17, 15) is 18.0 Å². The molecule has 0 fully saturated rings. The van der Waals surface area contributed by atoms with Gasteiger partial charge in [0.1, 0.15) is 6.54 Å². The van der Waals surface area contributed by atoms with Crippen LogP contribution in [0.5, 0.6) is 0 Å². The summed E-state index contributed by atoms with van der Waals surface area (Å²) >= 11 is 1.54. The highest BCUT2D eigenvalue weighted by molar-refractivity contribution is 7.09. The number of hydrogen-bond acceptors (Lipinski definition) is 6. The fourth-order valence-corrected chi connectivity index (χ4v) is 3.46. The third kappa shape index (κ3) is 4.94. The van der Waals surface area contributed by atoms with E-state index in [1.54, 1.807) is 18.2 Å². The van der Waals surface area contributed by atoms with E-state index in [2.05, 4.69) is 25.7 Å². The molecule has 1 N–H and O–H groups in total. The van der Waals surface area contributed by atoms with Crippen LogP contribution < -0.4 is 5.32 Å². The zero-order valence-electron chi connectivity index (χ0n) is 16.1. The van der Waals surface area contributed by atoms with E-state index in [1.165, 1.54) is 23.5 Å². The molecule has 4 aromatic rings. The van der Waals surface area contributed by atoms with E-state index in [-0.39, 0.29) is 17.9 Å². The molecule has 0 aliphatic heterocycles. The van der Waals surface area contributed by atoms with Crippen molar-refractivity contribution in [3.05, 3.63) is 64.5 Å². The first-order valence-corrected chi connectivity index (χ1v) is 9.94. The van der Waals surface area contributed by atoms with E-state index < -0.39 is 17.6 Å². The van der Waals surface area contributed by atoms with Crippen LogP contribution in [0.4, 0.5) is 18.9 Å². The number of carbonyl (C=O) groups excluding carboxylic acids is 1. The van der Waals surface area contributed by atoms with E-state index in [0.717, 1.165) is 33.2 Å². The average Bonchev–Trinajstić information content (AvgIpc) is 3.37. The summed E-state index contributed by atoms with van der Waals surface area (Å²) < 4.78 is 38.7. The summed E-state index contributed by atoms with van der Waals surface area (Å²) in [6.45, 7) is 1.67. The number of alkyl halides is 3. The van der Waals surface area contributed by atoms with Gasteiger partial charge in [-0.25, -0.2) is 4.98 Å². The van der Waals surface area contributed by atoms with Crippen molar-refractivity contribution in [1.82, 2.24) is 25.2 Å². The summed E-state index contributed by atoms with van der Waals surface area (Å²) in [6.07, 6.45) is -4.47. The van der Waals surface area contributed by atoms with Crippen LogP contribution in [0.15, 0.2) is 53.9 Å². The Morgan fingerprint density at radius 2 is 1.90 bits per heavy atom. The molecule has 7 nitrogen and oxygen atoms in total. The number of anilines is 1. The Hall–Kier alpha value is -3.60. The lowest BCUT2D eigenvalue weighted by atomic mass is 10.1. The summed E-state index contributed by atoms with van der Waals surface area (Å²) in [6, 6.07) is 11.8. The van der Waals surface area contributed by atoms with Crippen molar-refractivity contribution in [2.45, 2.75) is 19.6 Å². The third-order valence-electron chi connectivity index (χ3n) is 4.25. The van der Waals surface area contributed by atoms with Gasteiger partial charge in [-0.05, 0) is 36.4 Å². The summed E-state index contributed by atoms with van der Waals surface area (Å²) in [4.78, 5) is 17.8. The second-order valence-electron chi connectivity index (χ2n) is 6.60. The normalized spacial score (nSPS) is 11.5. The van der Waals surface area contributed by atoms with Gasteiger partial charge in [0.25, 0.3) is 0 Å². The monoisotopic (exact) mass is 444 g/mol. The quantitative estimate of drug-likeness (QED) is 0.492. The maximum Gasteiger partial charge on any atom is 0.416 e. The molecular weight excluding hydrogens is 429 g/mol. The second kappa shape index (κ2) is 8.26. The highest BCUT2D eigenvalue weighted by Crippen LogP contribution is 2.31. The number of carbonyl (C=O) groups is 1. The van der Waals surface area contributed by atoms with E-state index in [1.807, 2.05) is 18.4 Å². The molecule has 0 spiro atoms. The average molecular weight is 444 g/mol. The summed E-state index contributed by atoms with van der Waals surface area (Å²) in [5.74, 6) is -0.403. The Bertz CT molecular complexity index is 1230. The Balaban J connectivity index is 1.44. The molecule has 2 aromatic carbocycles. The van der Waals surface area contributed by atoms with Crippen molar-refractivity contribution in [3.8, 4) is 22.6 Å². The van der Waals surface area contributed by atoms with Crippen molar-refractivity contribution < 1.29 is 18.0 Å². The molecule has 0 unspecified atom stereocenters. The maximum atomic E-state index is 12.9. The minimum absolute atomic E-state index is 0.000186. The minimum Gasteiger partial charge on any atom is -0.324 e. The smallest absolute Gasteiger partial charge is 0.324 e. The van der Waals surface area contributed by atoms with Crippen LogP contribution in [0, 0.1) is 6.92 Å². The number of tetrazole rings is 1. The number of thiazole rings is 1. The van der Waals surface area contributed by atoms with Crippen LogP contribution in [0.25, 0.3) is 22.6 Å². The highest BCUT2D eigenvalue weighted by atomic mass is 32.1. The molecule has 0 saturated heterocycles. The van der Waals surface area contributed by atoms with Crippen molar-refractivity contribution >= 4 is 22.9 Å². The molecule has 0 aliphatic rings. The van der Waals surface area contributed by atoms with E-state index in [0.29, 0.717) is 5.69 Å². The Kier molecular flexibility index (Phi) is 5.51. The molecule has 0 radical (unpaired) electrons. The Morgan fingerprint density at radius 1 is 1.13 bits per heavy atom. The lowest BCUT2D eigenvalue weighted by Gasteiger charge is -2.07. The summed E-state index contributed by atoms with van der Waals surface area (Å²) in [7, 11) is 0. The van der Waals surface area contributed by atoms with Crippen LogP contribution in [0.1, 0.15) is 10.6 Å². The first kappa shape index (κ1) is 20.7. The van der Waals surface area contributed by atoms with Gasteiger partial charge in [-0.15, -0.1) is 21.5 Å². The van der Waals surface area contributed by atoms with Gasteiger partial charge in [0.05, 0.1) is 16.3 Å². The molecule has 31 heavy (non-hydrogen) atoms. The summed E-state index contributed by atoms with van der Waals surface area (Å²) in [5.41, 5.74) is 1.61. The molecule has 1 amide bonds. The van der Waals surface area contributed by atoms with Crippen LogP contribution in [-0.4, -0.2) is 31.1 Å². The van der Waals surface area contributed by atoms with Gasteiger partial charge in [-0.1, -0.05) is 24.3 Å². The zero-order valence-corrected chi connectivity index (χ0v) is 16.9. The number of aryl methyl sites for hydroxylation is 1. The molecule has 11 heteroatoms. The van der Waals surface area contributed by atoms with Gasteiger partial charge in [-0.3, -0.25) is 4.79 Å². The third-order valence-corrected chi connectivity index (χ3v) is 5.02. The molecule has 0 aliphatic carbocycles. The van der Waals surface area contributed by atoms with Crippen molar-refractivity contribution in [2.24, 2.45) is 0 Å². The van der Waals surface area contributed by atoms with Gasteiger partial charge < -0.3 is 5.32 Å². The van der Waals surface area contributed by atoms with Gasteiger partial charge in [0, 0.05) is 22.2 Å².